The van der Waals surface area contributed by atoms with Gasteiger partial charge in [-0.3, -0.25) is 9.59 Å². The van der Waals surface area contributed by atoms with Crippen molar-refractivity contribution in [2.24, 2.45) is 0 Å². The molecular weight excluding hydrogens is 236 g/mol. The second-order valence-corrected chi connectivity index (χ2v) is 4.18. The molecule has 0 radical (unpaired) electrons. The van der Waals surface area contributed by atoms with Crippen LogP contribution in [0.5, 0.6) is 0 Å². The maximum absolute atomic E-state index is 11.3. The number of carbonyl (C=O) groups is 2. The van der Waals surface area contributed by atoms with Crippen molar-refractivity contribution in [2.75, 3.05) is 13.2 Å². The third kappa shape index (κ3) is 8.98. The molecule has 5 nitrogen and oxygen atoms in total. The van der Waals surface area contributed by atoms with Crippen molar-refractivity contribution in [3.05, 3.63) is 0 Å². The van der Waals surface area contributed by atoms with Gasteiger partial charge in [-0.25, -0.2) is 0 Å². The fourth-order valence-corrected chi connectivity index (χ4v) is 1.35. The molecule has 0 aromatic heterocycles. The van der Waals surface area contributed by atoms with E-state index in [1.54, 1.807) is 0 Å². The zero-order valence-corrected chi connectivity index (χ0v) is 11.3. The van der Waals surface area contributed by atoms with Gasteiger partial charge in [-0.1, -0.05) is 26.7 Å². The predicted molar refractivity (Wildman–Crippen MR) is 67.0 cm³/mol. The molecule has 0 aromatic carbocycles. The molecular formula is C13H24O5. The lowest BCUT2D eigenvalue weighted by Gasteiger charge is -2.15. The Hall–Kier alpha value is -1.10. The predicted octanol–water partition coefficient (Wildman–Crippen LogP) is 1.81. The number of carbonyl (C=O) groups excluding carboxylic acids is 2. The van der Waals surface area contributed by atoms with E-state index in [1.165, 1.54) is 0 Å². The Labute approximate surface area is 108 Å². The van der Waals surface area contributed by atoms with Crippen molar-refractivity contribution in [2.45, 2.75) is 58.5 Å². The van der Waals surface area contributed by atoms with Crippen LogP contribution in [0.1, 0.15) is 52.4 Å². The molecule has 0 aliphatic heterocycles. The summed E-state index contributed by atoms with van der Waals surface area (Å²) in [4.78, 5) is 22.5. The maximum atomic E-state index is 11.3. The van der Waals surface area contributed by atoms with Gasteiger partial charge in [-0.05, 0) is 12.8 Å². The van der Waals surface area contributed by atoms with Crippen molar-refractivity contribution in [3.8, 4) is 0 Å². The number of unbranched alkanes of at least 4 members (excludes halogenated alkanes) is 2. The van der Waals surface area contributed by atoms with E-state index in [1.807, 2.05) is 6.92 Å². The van der Waals surface area contributed by atoms with Gasteiger partial charge in [-0.15, -0.1) is 0 Å². The molecule has 0 saturated carbocycles. The van der Waals surface area contributed by atoms with Crippen LogP contribution in [-0.2, 0) is 19.1 Å². The largest absolute Gasteiger partial charge is 0.462 e. The first-order valence-electron chi connectivity index (χ1n) is 6.59. The van der Waals surface area contributed by atoms with Crippen molar-refractivity contribution in [1.29, 1.82) is 0 Å². The average Bonchev–Trinajstić information content (AvgIpc) is 2.35. The molecule has 106 valence electrons. The summed E-state index contributed by atoms with van der Waals surface area (Å²) < 4.78 is 9.89. The minimum Gasteiger partial charge on any atom is -0.462 e. The van der Waals surface area contributed by atoms with Crippen LogP contribution in [0.2, 0.25) is 0 Å². The Bertz CT molecular complexity index is 240. The van der Waals surface area contributed by atoms with Gasteiger partial charge in [0.25, 0.3) is 0 Å². The fraction of sp³-hybridized carbons (Fsp3) is 0.846. The van der Waals surface area contributed by atoms with E-state index >= 15 is 0 Å². The monoisotopic (exact) mass is 260 g/mol. The molecule has 0 amide bonds. The van der Waals surface area contributed by atoms with Gasteiger partial charge in [-0.2, -0.15) is 0 Å². The van der Waals surface area contributed by atoms with Gasteiger partial charge in [0.05, 0.1) is 6.61 Å². The van der Waals surface area contributed by atoms with E-state index in [0.717, 1.165) is 19.3 Å². The first-order chi connectivity index (χ1) is 8.63. The van der Waals surface area contributed by atoms with Gasteiger partial charge in [0.15, 0.2) is 6.10 Å². The van der Waals surface area contributed by atoms with Crippen LogP contribution in [0.15, 0.2) is 0 Å². The highest BCUT2D eigenvalue weighted by molar-refractivity contribution is 5.70. The molecule has 0 rings (SSSR count). The number of aliphatic hydroxyl groups excluding tert-OH is 1. The summed E-state index contributed by atoms with van der Waals surface area (Å²) in [5.41, 5.74) is 0. The van der Waals surface area contributed by atoms with Crippen LogP contribution in [-0.4, -0.2) is 36.4 Å². The second-order valence-electron chi connectivity index (χ2n) is 4.18. The molecule has 0 aliphatic carbocycles. The van der Waals surface area contributed by atoms with Gasteiger partial charge in [0.2, 0.25) is 0 Å². The summed E-state index contributed by atoms with van der Waals surface area (Å²) in [6.07, 6.45) is 3.45. The van der Waals surface area contributed by atoms with Gasteiger partial charge in [0, 0.05) is 12.8 Å². The number of ether oxygens (including phenoxy) is 2. The van der Waals surface area contributed by atoms with E-state index in [0.29, 0.717) is 19.3 Å². The third-order valence-electron chi connectivity index (χ3n) is 2.37. The summed E-state index contributed by atoms with van der Waals surface area (Å²) in [5.74, 6) is -0.688. The van der Waals surface area contributed by atoms with Crippen LogP contribution in [0.4, 0.5) is 0 Å². The Kier molecular flexibility index (Phi) is 10.3. The molecule has 0 bridgehead atoms. The molecule has 18 heavy (non-hydrogen) atoms. The fourth-order valence-electron chi connectivity index (χ4n) is 1.35. The summed E-state index contributed by atoms with van der Waals surface area (Å²) in [7, 11) is 0. The Balaban J connectivity index is 3.78. The zero-order valence-electron chi connectivity index (χ0n) is 11.3. The molecule has 5 heteroatoms. The van der Waals surface area contributed by atoms with E-state index in [4.69, 9.17) is 14.6 Å². The first-order valence-corrected chi connectivity index (χ1v) is 6.59. The average molecular weight is 260 g/mol. The molecule has 1 atom stereocenters. The molecule has 1 N–H and O–H groups in total. The van der Waals surface area contributed by atoms with Gasteiger partial charge < -0.3 is 14.6 Å². The number of hydrogen-bond donors (Lipinski definition) is 1. The van der Waals surface area contributed by atoms with Gasteiger partial charge >= 0.3 is 11.9 Å². The lowest BCUT2D eigenvalue weighted by Crippen LogP contribution is -2.28. The lowest BCUT2D eigenvalue weighted by molar-refractivity contribution is -0.161. The SMILES string of the molecule is CCCCCC(=O)OCC(CO)OC(=O)CCC. The number of esters is 2. The zero-order chi connectivity index (χ0) is 13.8. The standard InChI is InChI=1S/C13H24O5/c1-3-5-6-8-12(15)17-10-11(9-14)18-13(16)7-4-2/h11,14H,3-10H2,1-2H3. The molecule has 0 aromatic rings. The lowest BCUT2D eigenvalue weighted by atomic mass is 10.2. The van der Waals surface area contributed by atoms with E-state index < -0.39 is 6.10 Å². The Morgan fingerprint density at radius 3 is 2.33 bits per heavy atom. The van der Waals surface area contributed by atoms with Crippen molar-refractivity contribution in [1.82, 2.24) is 0 Å². The summed E-state index contributed by atoms with van der Waals surface area (Å²) >= 11 is 0. The van der Waals surface area contributed by atoms with Crippen LogP contribution in [0.25, 0.3) is 0 Å². The van der Waals surface area contributed by atoms with Crippen molar-refractivity contribution < 1.29 is 24.2 Å². The van der Waals surface area contributed by atoms with Crippen molar-refractivity contribution >= 4 is 11.9 Å². The molecule has 1 unspecified atom stereocenters. The normalized spacial score (nSPS) is 11.9. The minimum absolute atomic E-state index is 0.0725. The third-order valence-corrected chi connectivity index (χ3v) is 2.37. The number of rotatable bonds is 10. The summed E-state index contributed by atoms with van der Waals surface area (Å²) in [5, 5.41) is 9.00. The second kappa shape index (κ2) is 11.0. The van der Waals surface area contributed by atoms with Gasteiger partial charge in [0.1, 0.15) is 6.61 Å². The Morgan fingerprint density at radius 2 is 1.78 bits per heavy atom. The quantitative estimate of drug-likeness (QED) is 0.479. The highest BCUT2D eigenvalue weighted by atomic mass is 16.6. The van der Waals surface area contributed by atoms with Crippen LogP contribution in [0, 0.1) is 0 Å². The Morgan fingerprint density at radius 1 is 1.06 bits per heavy atom. The van der Waals surface area contributed by atoms with E-state index in [9.17, 15) is 9.59 Å². The minimum atomic E-state index is -0.751. The first kappa shape index (κ1) is 16.9. The molecule has 0 spiro atoms. The smallest absolute Gasteiger partial charge is 0.306 e. The number of aliphatic hydroxyl groups is 1. The number of hydrogen-bond acceptors (Lipinski definition) is 5. The molecule has 0 heterocycles. The van der Waals surface area contributed by atoms with E-state index in [2.05, 4.69) is 6.92 Å². The van der Waals surface area contributed by atoms with E-state index in [-0.39, 0.29) is 25.2 Å². The maximum Gasteiger partial charge on any atom is 0.306 e. The van der Waals surface area contributed by atoms with Crippen LogP contribution in [0.3, 0.4) is 0 Å². The van der Waals surface area contributed by atoms with Crippen LogP contribution < -0.4 is 0 Å². The molecule has 0 fully saturated rings. The topological polar surface area (TPSA) is 72.8 Å². The highest BCUT2D eigenvalue weighted by Crippen LogP contribution is 2.03. The highest BCUT2D eigenvalue weighted by Gasteiger charge is 2.15. The molecule has 0 aliphatic rings. The van der Waals surface area contributed by atoms with Crippen molar-refractivity contribution in [3.63, 3.8) is 0 Å². The summed E-state index contributed by atoms with van der Waals surface area (Å²) in [6.45, 7) is 3.51. The van der Waals surface area contributed by atoms with Crippen LogP contribution >= 0.6 is 0 Å². The molecule has 0 saturated heterocycles. The summed E-state index contributed by atoms with van der Waals surface area (Å²) in [6, 6.07) is 0.